The summed E-state index contributed by atoms with van der Waals surface area (Å²) in [5.74, 6) is -0.751. The Morgan fingerprint density at radius 3 is 2.68 bits per heavy atom. The van der Waals surface area contributed by atoms with Gasteiger partial charge in [-0.25, -0.2) is 4.39 Å². The smallest absolute Gasteiger partial charge is 0.290 e. The second kappa shape index (κ2) is 10.1. The molecule has 2 atom stereocenters. The van der Waals surface area contributed by atoms with E-state index in [-0.39, 0.29) is 29.9 Å². The van der Waals surface area contributed by atoms with Gasteiger partial charge in [-0.15, -0.1) is 0 Å². The van der Waals surface area contributed by atoms with Gasteiger partial charge in [0, 0.05) is 49.8 Å². The number of likely N-dealkylation sites (tertiary alicyclic amines) is 1. The molecule has 0 unspecified atom stereocenters. The molecule has 0 saturated carbocycles. The molecule has 0 spiro atoms. The highest BCUT2D eigenvalue weighted by Gasteiger charge is 2.49. The summed E-state index contributed by atoms with van der Waals surface area (Å²) in [4.78, 5) is 41.1. The fraction of sp³-hybridized carbons (Fsp3) is 0.522. The molecule has 1 aromatic heterocycles. The Hall–Kier alpha value is -3.02. The van der Waals surface area contributed by atoms with Gasteiger partial charge in [-0.3, -0.25) is 14.4 Å². The number of aromatic amines is 1. The number of fused-ring (bicyclic) bond motifs is 2. The summed E-state index contributed by atoms with van der Waals surface area (Å²) in [6.07, 6.45) is 2.19. The molecule has 1 aromatic carbocycles. The van der Waals surface area contributed by atoms with Crippen LogP contribution in [-0.4, -0.2) is 91.7 Å². The molecule has 1 amide bonds. The lowest BCUT2D eigenvalue weighted by molar-refractivity contribution is -0.122. The predicted octanol–water partition coefficient (Wildman–Crippen LogP) is 0.676. The van der Waals surface area contributed by atoms with Crippen LogP contribution in [0.5, 0.6) is 0 Å². The quantitative estimate of drug-likeness (QED) is 0.550. The zero-order valence-corrected chi connectivity index (χ0v) is 18.7. The van der Waals surface area contributed by atoms with Crippen molar-refractivity contribution in [2.75, 3.05) is 64.1 Å². The molecule has 184 valence electrons. The van der Waals surface area contributed by atoms with Gasteiger partial charge in [-0.2, -0.15) is 0 Å². The summed E-state index contributed by atoms with van der Waals surface area (Å²) in [6, 6.07) is 2.83. The van der Waals surface area contributed by atoms with Crippen molar-refractivity contribution in [3.05, 3.63) is 39.9 Å². The summed E-state index contributed by atoms with van der Waals surface area (Å²) in [6.45, 7) is 3.73. The molecule has 3 aliphatic rings. The maximum atomic E-state index is 14.8. The molecule has 3 fully saturated rings. The number of ether oxygens (including phenoxy) is 2. The van der Waals surface area contributed by atoms with Crippen molar-refractivity contribution in [1.82, 2.24) is 9.88 Å². The molecule has 3 N–H and O–H groups in total. The summed E-state index contributed by atoms with van der Waals surface area (Å²) in [5.41, 5.74) is -0.0794. The predicted molar refractivity (Wildman–Crippen MR) is 121 cm³/mol. The number of aliphatic hydroxyl groups is 1. The molecule has 3 saturated heterocycles. The Balaban J connectivity index is 0.000000868. The highest BCUT2D eigenvalue weighted by Crippen LogP contribution is 2.41. The Morgan fingerprint density at radius 2 is 2.00 bits per heavy atom. The number of carboxylic acid groups (broad SMARTS) is 1. The van der Waals surface area contributed by atoms with E-state index in [1.807, 2.05) is 4.90 Å². The van der Waals surface area contributed by atoms with E-state index >= 15 is 0 Å². The number of halogens is 1. The van der Waals surface area contributed by atoms with Crippen molar-refractivity contribution >= 4 is 29.0 Å². The molecule has 34 heavy (non-hydrogen) atoms. The SMILES string of the molecule is O=C(c1c[nH]c2cc(N3CCOCC3)c(F)cc2c1=O)N1C[C@@H]2CCOC[C@]2(CO)C1.O=CO. The topological polar surface area (TPSA) is 132 Å². The van der Waals surface area contributed by atoms with Crippen molar-refractivity contribution in [2.45, 2.75) is 6.42 Å². The summed E-state index contributed by atoms with van der Waals surface area (Å²) in [5, 5.41) is 17.0. The van der Waals surface area contributed by atoms with Gasteiger partial charge in [0.1, 0.15) is 11.4 Å². The van der Waals surface area contributed by atoms with Gasteiger partial charge in [0.2, 0.25) is 5.43 Å². The van der Waals surface area contributed by atoms with Crippen LogP contribution >= 0.6 is 0 Å². The second-order valence-electron chi connectivity index (χ2n) is 8.83. The number of aliphatic hydroxyl groups excluding tert-OH is 1. The first-order valence-electron chi connectivity index (χ1n) is 11.2. The number of morpholine rings is 1. The molecule has 3 aliphatic heterocycles. The van der Waals surface area contributed by atoms with Gasteiger partial charge >= 0.3 is 0 Å². The van der Waals surface area contributed by atoms with Crippen LogP contribution in [0, 0.1) is 17.2 Å². The first-order valence-corrected chi connectivity index (χ1v) is 11.2. The summed E-state index contributed by atoms with van der Waals surface area (Å²) >= 11 is 0. The second-order valence-corrected chi connectivity index (χ2v) is 8.83. The molecule has 11 heteroatoms. The number of hydrogen-bond acceptors (Lipinski definition) is 7. The van der Waals surface area contributed by atoms with E-state index in [2.05, 4.69) is 4.98 Å². The average Bonchev–Trinajstić information content (AvgIpc) is 3.25. The number of H-pyrrole nitrogens is 1. The molecule has 5 rings (SSSR count). The highest BCUT2D eigenvalue weighted by molar-refractivity contribution is 5.97. The van der Waals surface area contributed by atoms with Crippen molar-refractivity contribution in [3.63, 3.8) is 0 Å². The van der Waals surface area contributed by atoms with Gasteiger partial charge < -0.3 is 34.5 Å². The van der Waals surface area contributed by atoms with Crippen LogP contribution in [0.1, 0.15) is 16.8 Å². The Morgan fingerprint density at radius 1 is 1.26 bits per heavy atom. The maximum absolute atomic E-state index is 14.8. The number of hydrogen-bond donors (Lipinski definition) is 3. The Bertz CT molecular complexity index is 1120. The number of amides is 1. The molecule has 0 bridgehead atoms. The number of rotatable bonds is 3. The van der Waals surface area contributed by atoms with Crippen LogP contribution in [0.2, 0.25) is 0 Å². The zero-order chi connectivity index (χ0) is 24.3. The highest BCUT2D eigenvalue weighted by atomic mass is 19.1. The van der Waals surface area contributed by atoms with E-state index < -0.39 is 22.6 Å². The van der Waals surface area contributed by atoms with Crippen molar-refractivity contribution in [1.29, 1.82) is 0 Å². The number of carbonyl (C=O) groups is 2. The summed E-state index contributed by atoms with van der Waals surface area (Å²) in [7, 11) is 0. The normalized spacial score (nSPS) is 24.4. The molecule has 0 aliphatic carbocycles. The minimum atomic E-state index is -0.493. The van der Waals surface area contributed by atoms with Gasteiger partial charge in [0.25, 0.3) is 12.4 Å². The number of benzene rings is 1. The van der Waals surface area contributed by atoms with Gasteiger partial charge in [0.15, 0.2) is 0 Å². The number of nitrogens with one attached hydrogen (secondary N) is 1. The fourth-order valence-corrected chi connectivity index (χ4v) is 5.08. The van der Waals surface area contributed by atoms with Crippen LogP contribution in [0.3, 0.4) is 0 Å². The molecular weight excluding hydrogens is 449 g/mol. The number of carbonyl (C=O) groups excluding carboxylic acids is 1. The number of aromatic nitrogens is 1. The van der Waals surface area contributed by atoms with Crippen molar-refractivity contribution in [2.24, 2.45) is 11.3 Å². The first kappa shape index (κ1) is 24.1. The molecule has 10 nitrogen and oxygen atoms in total. The van der Waals surface area contributed by atoms with Crippen molar-refractivity contribution < 1.29 is 33.7 Å². The first-order chi connectivity index (χ1) is 16.4. The minimum Gasteiger partial charge on any atom is -0.483 e. The lowest BCUT2D eigenvalue weighted by Gasteiger charge is -2.36. The van der Waals surface area contributed by atoms with Gasteiger partial charge in [-0.05, 0) is 24.5 Å². The lowest BCUT2D eigenvalue weighted by Crippen LogP contribution is -2.43. The van der Waals surface area contributed by atoms with E-state index in [4.69, 9.17) is 19.4 Å². The molecule has 4 heterocycles. The largest absolute Gasteiger partial charge is 0.483 e. The van der Waals surface area contributed by atoms with E-state index in [1.165, 1.54) is 12.3 Å². The standard InChI is InChI=1S/C22H26FN3O5.CH2O2/c23-17-7-15-18(8-19(17)25-2-5-30-6-3-25)24-9-16(20(15)28)21(29)26-10-14-1-4-31-13-22(14,11-26)12-27;2-1-3/h7-9,14,27H,1-6,10-13H2,(H,24,28);1H,(H,2,3)/t14-,22+;/m0./s1. The number of anilines is 1. The summed E-state index contributed by atoms with van der Waals surface area (Å²) < 4.78 is 25.7. The van der Waals surface area contributed by atoms with E-state index in [0.29, 0.717) is 63.8 Å². The third-order valence-corrected chi connectivity index (χ3v) is 6.95. The zero-order valence-electron chi connectivity index (χ0n) is 18.7. The van der Waals surface area contributed by atoms with Crippen LogP contribution in [-0.2, 0) is 14.3 Å². The Labute approximate surface area is 194 Å². The van der Waals surface area contributed by atoms with Crippen molar-refractivity contribution in [3.8, 4) is 0 Å². The van der Waals surface area contributed by atoms with Gasteiger partial charge in [-0.1, -0.05) is 0 Å². The molecular formula is C23H28FN3O7. The molecule has 0 radical (unpaired) electrons. The van der Waals surface area contributed by atoms with Crippen LogP contribution in [0.15, 0.2) is 23.1 Å². The lowest BCUT2D eigenvalue weighted by atomic mass is 9.76. The van der Waals surface area contributed by atoms with Crippen LogP contribution in [0.25, 0.3) is 10.9 Å². The van der Waals surface area contributed by atoms with E-state index in [9.17, 15) is 19.1 Å². The Kier molecular flexibility index (Phi) is 7.15. The van der Waals surface area contributed by atoms with E-state index in [0.717, 1.165) is 6.42 Å². The third-order valence-electron chi connectivity index (χ3n) is 6.95. The minimum absolute atomic E-state index is 0.0151. The van der Waals surface area contributed by atoms with Crippen LogP contribution in [0.4, 0.5) is 10.1 Å². The monoisotopic (exact) mass is 477 g/mol. The number of pyridine rings is 1. The van der Waals surface area contributed by atoms with Gasteiger partial charge in [0.05, 0.1) is 37.6 Å². The van der Waals surface area contributed by atoms with E-state index in [1.54, 1.807) is 11.0 Å². The third kappa shape index (κ3) is 4.38. The van der Waals surface area contributed by atoms with Crippen LogP contribution < -0.4 is 10.3 Å². The number of nitrogens with zero attached hydrogens (tertiary/aromatic N) is 2. The maximum Gasteiger partial charge on any atom is 0.290 e. The fourth-order valence-electron chi connectivity index (χ4n) is 5.08. The molecule has 2 aromatic rings. The average molecular weight is 477 g/mol.